The zero-order valence-corrected chi connectivity index (χ0v) is 24.8. The molecule has 0 amide bonds. The minimum absolute atomic E-state index is 0. The highest BCUT2D eigenvalue weighted by atomic mass is 28.2. The van der Waals surface area contributed by atoms with Gasteiger partial charge in [-0.15, -0.1) is 0 Å². The predicted octanol–water partition coefficient (Wildman–Crippen LogP) is 1.52. The van der Waals surface area contributed by atoms with Crippen molar-refractivity contribution in [3.05, 3.63) is 35.4 Å². The number of hydrogen-bond donors (Lipinski definition) is 0. The molecule has 3 aliphatic heterocycles. The molecular formula is C23H41O3Si3+. The molecule has 3 aliphatic rings. The van der Waals surface area contributed by atoms with Crippen molar-refractivity contribution in [2.24, 2.45) is 0 Å². The molecule has 0 radical (unpaired) electrons. The lowest BCUT2D eigenvalue weighted by Gasteiger charge is -2.46. The molecule has 0 spiro atoms. The third kappa shape index (κ3) is 4.99. The van der Waals surface area contributed by atoms with Crippen LogP contribution in [0.15, 0.2) is 24.3 Å². The first-order chi connectivity index (χ1) is 13.9. The molecule has 0 saturated carbocycles. The highest BCUT2D eigenvalue weighted by Gasteiger charge is 2.42. The van der Waals surface area contributed by atoms with E-state index in [0.717, 1.165) is 57.0 Å². The standard InChI is InChI=1S/C23H40O3Si3/c27-21(11-1-4-14-24-21)17-20(23(29)13-3-6-16-26-23)18-7-9-19(10-8-18)22(28)12-2-5-15-25-22/h7-10,20H,1-6,11-17H2,27-29H3/p+1. The molecule has 0 N–H and O–H groups in total. The average Bonchev–Trinajstić information content (AvgIpc) is 2.74. The van der Waals surface area contributed by atoms with Crippen LogP contribution < -0.4 is 0 Å². The van der Waals surface area contributed by atoms with Crippen LogP contribution in [0.2, 0.25) is 0 Å². The van der Waals surface area contributed by atoms with E-state index < -0.39 is 0 Å². The SMILES string of the molecule is [H+].[SiH3]C1(CC(c2ccc(C3([SiH3])CCCCO3)cc2)C2([SiH3])CCCCO2)CCCCO1. The Balaban J connectivity index is 0.00000256. The van der Waals surface area contributed by atoms with Crippen LogP contribution in [-0.4, -0.2) is 61.0 Å². The van der Waals surface area contributed by atoms with Crippen LogP contribution in [0.1, 0.15) is 82.7 Å². The molecule has 4 atom stereocenters. The highest BCUT2D eigenvalue weighted by molar-refractivity contribution is 6.16. The van der Waals surface area contributed by atoms with Crippen molar-refractivity contribution in [2.45, 2.75) is 85.8 Å². The van der Waals surface area contributed by atoms with Crippen molar-refractivity contribution >= 4 is 30.7 Å². The molecular weight excluding hydrogens is 409 g/mol. The van der Waals surface area contributed by atoms with Crippen molar-refractivity contribution < 1.29 is 15.6 Å². The quantitative estimate of drug-likeness (QED) is 0.638. The summed E-state index contributed by atoms with van der Waals surface area (Å²) in [4.78, 5) is 0. The lowest BCUT2D eigenvalue weighted by Crippen LogP contribution is -2.48. The maximum atomic E-state index is 6.54. The van der Waals surface area contributed by atoms with E-state index in [-0.39, 0.29) is 17.1 Å². The van der Waals surface area contributed by atoms with E-state index in [0.29, 0.717) is 5.92 Å². The molecule has 1 aromatic carbocycles. The molecule has 0 aliphatic carbocycles. The van der Waals surface area contributed by atoms with E-state index in [9.17, 15) is 0 Å². The fraction of sp³-hybridized carbons (Fsp3) is 0.739. The predicted molar refractivity (Wildman–Crippen MR) is 131 cm³/mol. The lowest BCUT2D eigenvalue weighted by atomic mass is 9.82. The number of hydrogen-bond acceptors (Lipinski definition) is 3. The Labute approximate surface area is 187 Å². The first kappa shape index (κ1) is 22.0. The van der Waals surface area contributed by atoms with Crippen molar-refractivity contribution in [1.82, 2.24) is 0 Å². The van der Waals surface area contributed by atoms with Crippen LogP contribution in [0.3, 0.4) is 0 Å². The first-order valence-corrected chi connectivity index (χ1v) is 14.9. The topological polar surface area (TPSA) is 27.7 Å². The molecule has 3 nitrogen and oxygen atoms in total. The van der Waals surface area contributed by atoms with E-state index in [2.05, 4.69) is 24.3 Å². The van der Waals surface area contributed by atoms with Crippen molar-refractivity contribution in [3.63, 3.8) is 0 Å². The van der Waals surface area contributed by atoms with Gasteiger partial charge in [-0.05, 0) is 75.3 Å². The lowest BCUT2D eigenvalue weighted by molar-refractivity contribution is -0.0708. The molecule has 3 heterocycles. The zero-order chi connectivity index (χ0) is 20.4. The van der Waals surface area contributed by atoms with Crippen LogP contribution in [0.5, 0.6) is 0 Å². The minimum Gasteiger partial charge on any atom is -0.380 e. The Hall–Kier alpha value is -0.249. The molecule has 0 aromatic heterocycles. The van der Waals surface area contributed by atoms with Gasteiger partial charge < -0.3 is 14.2 Å². The number of ether oxygens (including phenoxy) is 3. The van der Waals surface area contributed by atoms with Crippen molar-refractivity contribution in [3.8, 4) is 0 Å². The second kappa shape index (κ2) is 9.09. The monoisotopic (exact) mass is 449 g/mol. The normalized spacial score (nSPS) is 37.5. The number of benzene rings is 1. The van der Waals surface area contributed by atoms with E-state index in [1.807, 2.05) is 0 Å². The first-order valence-electron chi connectivity index (χ1n) is 11.9. The van der Waals surface area contributed by atoms with E-state index in [4.69, 9.17) is 14.2 Å². The van der Waals surface area contributed by atoms with Gasteiger partial charge in [0.15, 0.2) is 0 Å². The maximum Gasteiger partial charge on any atom is 1.00 e. The third-order valence-electron chi connectivity index (χ3n) is 7.82. The van der Waals surface area contributed by atoms with Gasteiger partial charge in [-0.25, -0.2) is 0 Å². The van der Waals surface area contributed by atoms with Gasteiger partial charge in [0.25, 0.3) is 0 Å². The van der Waals surface area contributed by atoms with Gasteiger partial charge in [0, 0.05) is 61.7 Å². The van der Waals surface area contributed by atoms with Gasteiger partial charge >= 0.3 is 1.43 Å². The summed E-state index contributed by atoms with van der Waals surface area (Å²) in [5, 5.41) is 0.223. The largest absolute Gasteiger partial charge is 1.00 e. The Kier molecular flexibility index (Phi) is 6.88. The molecule has 1 aromatic rings. The van der Waals surface area contributed by atoms with Crippen molar-refractivity contribution in [1.29, 1.82) is 0 Å². The summed E-state index contributed by atoms with van der Waals surface area (Å²) in [6.45, 7) is 2.81. The van der Waals surface area contributed by atoms with Crippen LogP contribution in [0.25, 0.3) is 0 Å². The molecule has 0 bridgehead atoms. The number of rotatable bonds is 5. The summed E-state index contributed by atoms with van der Waals surface area (Å²) in [7, 11) is 3.26. The summed E-state index contributed by atoms with van der Waals surface area (Å²) < 4.78 is 19.2. The van der Waals surface area contributed by atoms with Gasteiger partial charge in [-0.1, -0.05) is 24.3 Å². The van der Waals surface area contributed by atoms with Gasteiger partial charge in [-0.3, -0.25) is 0 Å². The Bertz CT molecular complexity index is 667. The summed E-state index contributed by atoms with van der Waals surface area (Å²) in [5.41, 5.74) is 2.86. The van der Waals surface area contributed by atoms with Crippen LogP contribution in [0.4, 0.5) is 0 Å². The van der Waals surface area contributed by atoms with Crippen LogP contribution in [0, 0.1) is 0 Å². The fourth-order valence-corrected chi connectivity index (χ4v) is 8.68. The minimum atomic E-state index is 0. The summed E-state index contributed by atoms with van der Waals surface area (Å²) in [6, 6.07) is 9.55. The van der Waals surface area contributed by atoms with E-state index in [1.54, 1.807) is 0 Å². The summed E-state index contributed by atoms with van der Waals surface area (Å²) in [6.07, 6.45) is 12.4. The van der Waals surface area contributed by atoms with Gasteiger partial charge in [0.05, 0.1) is 10.4 Å². The molecule has 3 fully saturated rings. The van der Waals surface area contributed by atoms with Gasteiger partial charge in [0.1, 0.15) is 0 Å². The Morgan fingerprint density at radius 3 is 1.93 bits per heavy atom. The van der Waals surface area contributed by atoms with Crippen LogP contribution >= 0.6 is 0 Å². The maximum absolute atomic E-state index is 6.54. The summed E-state index contributed by atoms with van der Waals surface area (Å²) >= 11 is 0. The molecule has 162 valence electrons. The Morgan fingerprint density at radius 2 is 1.38 bits per heavy atom. The second-order valence-electron chi connectivity index (χ2n) is 10.3. The van der Waals surface area contributed by atoms with E-state index in [1.165, 1.54) is 68.9 Å². The molecule has 29 heavy (non-hydrogen) atoms. The smallest absolute Gasteiger partial charge is 0.380 e. The van der Waals surface area contributed by atoms with Gasteiger partial charge in [-0.2, -0.15) is 0 Å². The molecule has 6 heteroatoms. The Morgan fingerprint density at radius 1 is 0.759 bits per heavy atom. The van der Waals surface area contributed by atoms with Crippen molar-refractivity contribution in [2.75, 3.05) is 19.8 Å². The molecule has 4 unspecified atom stereocenters. The fourth-order valence-electron chi connectivity index (χ4n) is 5.73. The second-order valence-corrected chi connectivity index (χ2v) is 15.4. The summed E-state index contributed by atoms with van der Waals surface area (Å²) in [5.74, 6) is 0.469. The van der Waals surface area contributed by atoms with Gasteiger partial charge in [0.2, 0.25) is 0 Å². The van der Waals surface area contributed by atoms with Crippen LogP contribution in [-0.2, 0) is 19.4 Å². The third-order valence-corrected chi connectivity index (χ3v) is 11.9. The highest BCUT2D eigenvalue weighted by Crippen LogP contribution is 2.44. The molecule has 4 rings (SSSR count). The zero-order valence-electron chi connectivity index (χ0n) is 19.8. The average molecular weight is 450 g/mol. The van der Waals surface area contributed by atoms with E-state index >= 15 is 0 Å². The molecule has 3 saturated heterocycles.